The second kappa shape index (κ2) is 8.71. The van der Waals surface area contributed by atoms with Crippen LogP contribution < -0.4 is 0 Å². The van der Waals surface area contributed by atoms with Crippen LogP contribution in [0.4, 0.5) is 0 Å². The molecule has 32 heavy (non-hydrogen) atoms. The standard InChI is InChI=1S/C28H29N3O/c1-20-7-11-23(12-8-20)26-17-27(24-13-9-21(2)10-14-24)31(29-26)28(32)19-30-16-15-22-5-3-4-6-25(22)18-30/h3-14,27H,15-19H2,1-2H3/t27-/m1/s1. The van der Waals surface area contributed by atoms with Gasteiger partial charge in [-0.3, -0.25) is 9.69 Å². The molecule has 2 heterocycles. The molecule has 2 aliphatic rings. The minimum Gasteiger partial charge on any atom is -0.290 e. The maximum atomic E-state index is 13.5. The van der Waals surface area contributed by atoms with Crippen LogP contribution in [0.1, 0.15) is 45.8 Å². The Labute approximate surface area is 190 Å². The number of fused-ring (bicyclic) bond motifs is 1. The van der Waals surface area contributed by atoms with Crippen LogP contribution in [0.25, 0.3) is 0 Å². The maximum Gasteiger partial charge on any atom is 0.257 e. The highest BCUT2D eigenvalue weighted by Crippen LogP contribution is 2.33. The normalized spacial score (nSPS) is 18.4. The minimum atomic E-state index is -0.0588. The molecule has 0 radical (unpaired) electrons. The Morgan fingerprint density at radius 1 is 0.906 bits per heavy atom. The molecule has 162 valence electrons. The van der Waals surface area contributed by atoms with Crippen LogP contribution in [-0.2, 0) is 17.8 Å². The van der Waals surface area contributed by atoms with Crippen molar-refractivity contribution in [3.8, 4) is 0 Å². The lowest BCUT2D eigenvalue weighted by molar-refractivity contribution is -0.134. The van der Waals surface area contributed by atoms with Gasteiger partial charge in [-0.25, -0.2) is 5.01 Å². The predicted octanol–water partition coefficient (Wildman–Crippen LogP) is 5.04. The highest BCUT2D eigenvalue weighted by molar-refractivity contribution is 6.03. The second-order valence-corrected chi connectivity index (χ2v) is 9.01. The van der Waals surface area contributed by atoms with E-state index in [0.29, 0.717) is 6.54 Å². The molecule has 3 aromatic carbocycles. The molecule has 0 fully saturated rings. The highest BCUT2D eigenvalue weighted by atomic mass is 16.2. The molecule has 3 aromatic rings. The lowest BCUT2D eigenvalue weighted by Gasteiger charge is -2.30. The minimum absolute atomic E-state index is 0.0588. The van der Waals surface area contributed by atoms with E-state index in [1.807, 2.05) is 0 Å². The summed E-state index contributed by atoms with van der Waals surface area (Å²) in [5.74, 6) is 0.0667. The smallest absolute Gasteiger partial charge is 0.257 e. The Kier molecular flexibility index (Phi) is 5.62. The van der Waals surface area contributed by atoms with E-state index >= 15 is 0 Å². The van der Waals surface area contributed by atoms with Gasteiger partial charge in [-0.15, -0.1) is 0 Å². The first kappa shape index (κ1) is 20.7. The summed E-state index contributed by atoms with van der Waals surface area (Å²) in [6.07, 6.45) is 1.73. The number of hydrogen-bond donors (Lipinski definition) is 0. The first-order chi connectivity index (χ1) is 15.6. The van der Waals surface area contributed by atoms with Crippen molar-refractivity contribution in [2.75, 3.05) is 13.1 Å². The molecule has 0 bridgehead atoms. The third kappa shape index (κ3) is 4.23. The number of aryl methyl sites for hydroxylation is 2. The summed E-state index contributed by atoms with van der Waals surface area (Å²) in [5, 5.41) is 6.59. The molecule has 2 aliphatic heterocycles. The van der Waals surface area contributed by atoms with Crippen LogP contribution in [0.3, 0.4) is 0 Å². The molecule has 4 nitrogen and oxygen atoms in total. The average Bonchev–Trinajstić information content (AvgIpc) is 3.25. The zero-order valence-electron chi connectivity index (χ0n) is 18.8. The molecule has 0 unspecified atom stereocenters. The molecular formula is C28H29N3O. The second-order valence-electron chi connectivity index (χ2n) is 9.01. The molecule has 0 saturated carbocycles. The van der Waals surface area contributed by atoms with Gasteiger partial charge in [0.05, 0.1) is 18.3 Å². The Morgan fingerprint density at radius 3 is 2.28 bits per heavy atom. The van der Waals surface area contributed by atoms with Crippen LogP contribution in [-0.4, -0.2) is 34.6 Å². The molecule has 0 spiro atoms. The third-order valence-electron chi connectivity index (χ3n) is 6.58. The molecule has 1 atom stereocenters. The van der Waals surface area contributed by atoms with Crippen molar-refractivity contribution in [2.45, 2.75) is 39.3 Å². The van der Waals surface area contributed by atoms with Crippen LogP contribution in [0, 0.1) is 13.8 Å². The average molecular weight is 424 g/mol. The van der Waals surface area contributed by atoms with Crippen LogP contribution in [0.15, 0.2) is 77.9 Å². The van der Waals surface area contributed by atoms with Crippen LogP contribution >= 0.6 is 0 Å². The van der Waals surface area contributed by atoms with Gasteiger partial charge >= 0.3 is 0 Å². The summed E-state index contributed by atoms with van der Waals surface area (Å²) in [6.45, 7) is 6.28. The van der Waals surface area contributed by atoms with Gasteiger partial charge in [0.25, 0.3) is 5.91 Å². The largest absolute Gasteiger partial charge is 0.290 e. The first-order valence-corrected chi connectivity index (χ1v) is 11.4. The van der Waals surface area contributed by atoms with E-state index in [2.05, 4.69) is 91.5 Å². The van der Waals surface area contributed by atoms with Crippen LogP contribution in [0.2, 0.25) is 0 Å². The van der Waals surface area contributed by atoms with E-state index < -0.39 is 0 Å². The maximum absolute atomic E-state index is 13.5. The SMILES string of the molecule is Cc1ccc(C2=NN(C(=O)CN3CCc4ccccc4C3)[C@@H](c3ccc(C)cc3)C2)cc1. The van der Waals surface area contributed by atoms with E-state index in [9.17, 15) is 4.79 Å². The van der Waals surface area contributed by atoms with Gasteiger partial charge in [-0.2, -0.15) is 5.10 Å². The van der Waals surface area contributed by atoms with Crippen molar-refractivity contribution in [1.82, 2.24) is 9.91 Å². The lowest BCUT2D eigenvalue weighted by Crippen LogP contribution is -2.40. The number of rotatable bonds is 4. The quantitative estimate of drug-likeness (QED) is 0.589. The van der Waals surface area contributed by atoms with Crippen molar-refractivity contribution in [3.05, 3.63) is 106 Å². The number of hydrogen-bond acceptors (Lipinski definition) is 3. The lowest BCUT2D eigenvalue weighted by atomic mass is 9.97. The van der Waals surface area contributed by atoms with E-state index in [4.69, 9.17) is 5.10 Å². The zero-order valence-corrected chi connectivity index (χ0v) is 18.8. The monoisotopic (exact) mass is 423 g/mol. The molecular weight excluding hydrogens is 394 g/mol. The van der Waals surface area contributed by atoms with Gasteiger partial charge in [0.2, 0.25) is 0 Å². The fourth-order valence-electron chi connectivity index (χ4n) is 4.66. The van der Waals surface area contributed by atoms with Crippen molar-refractivity contribution in [2.24, 2.45) is 5.10 Å². The van der Waals surface area contributed by atoms with E-state index in [1.54, 1.807) is 5.01 Å². The number of hydrazone groups is 1. The predicted molar refractivity (Wildman–Crippen MR) is 129 cm³/mol. The van der Waals surface area contributed by atoms with Crippen molar-refractivity contribution in [1.29, 1.82) is 0 Å². The number of amides is 1. The van der Waals surface area contributed by atoms with Crippen LogP contribution in [0.5, 0.6) is 0 Å². The summed E-state index contributed by atoms with van der Waals surface area (Å²) in [6, 6.07) is 25.4. The van der Waals surface area contributed by atoms with Gasteiger partial charge in [0.15, 0.2) is 0 Å². The zero-order chi connectivity index (χ0) is 22.1. The summed E-state index contributed by atoms with van der Waals surface area (Å²) in [4.78, 5) is 15.7. The number of carbonyl (C=O) groups excluding carboxylic acids is 1. The fraction of sp³-hybridized carbons (Fsp3) is 0.286. The van der Waals surface area contributed by atoms with E-state index in [-0.39, 0.29) is 11.9 Å². The van der Waals surface area contributed by atoms with Gasteiger partial charge in [0.1, 0.15) is 0 Å². The van der Waals surface area contributed by atoms with Gasteiger partial charge in [0, 0.05) is 19.5 Å². The third-order valence-corrected chi connectivity index (χ3v) is 6.58. The van der Waals surface area contributed by atoms with Gasteiger partial charge < -0.3 is 0 Å². The topological polar surface area (TPSA) is 35.9 Å². The Morgan fingerprint density at radius 2 is 1.56 bits per heavy atom. The van der Waals surface area contributed by atoms with Crippen molar-refractivity contribution >= 4 is 11.6 Å². The van der Waals surface area contributed by atoms with Crippen molar-refractivity contribution < 1.29 is 4.79 Å². The van der Waals surface area contributed by atoms with E-state index in [0.717, 1.165) is 42.8 Å². The summed E-state index contributed by atoms with van der Waals surface area (Å²) < 4.78 is 0. The van der Waals surface area contributed by atoms with E-state index in [1.165, 1.54) is 22.3 Å². The summed E-state index contributed by atoms with van der Waals surface area (Å²) in [5.41, 5.74) is 8.38. The molecule has 4 heteroatoms. The molecule has 0 N–H and O–H groups in total. The first-order valence-electron chi connectivity index (χ1n) is 11.4. The van der Waals surface area contributed by atoms with Gasteiger partial charge in [-0.05, 0) is 42.5 Å². The van der Waals surface area contributed by atoms with Gasteiger partial charge in [-0.1, -0.05) is 83.9 Å². The Bertz CT molecular complexity index is 1150. The summed E-state index contributed by atoms with van der Waals surface area (Å²) >= 11 is 0. The summed E-state index contributed by atoms with van der Waals surface area (Å²) in [7, 11) is 0. The number of carbonyl (C=O) groups is 1. The Hall–Kier alpha value is -3.24. The molecule has 0 aliphatic carbocycles. The molecule has 0 aromatic heterocycles. The molecule has 1 amide bonds. The number of nitrogens with zero attached hydrogens (tertiary/aromatic N) is 3. The highest BCUT2D eigenvalue weighted by Gasteiger charge is 2.34. The Balaban J connectivity index is 1.39. The number of benzene rings is 3. The molecule has 5 rings (SSSR count). The van der Waals surface area contributed by atoms with Crippen molar-refractivity contribution in [3.63, 3.8) is 0 Å². The fourth-order valence-corrected chi connectivity index (χ4v) is 4.66. The molecule has 0 saturated heterocycles.